The molecule has 1 aromatic carbocycles. The monoisotopic (exact) mass is 206 g/mol. The smallest absolute Gasteiger partial charge is 0.170 e. The molecule has 0 radical (unpaired) electrons. The van der Waals surface area contributed by atoms with Crippen LogP contribution in [0.3, 0.4) is 0 Å². The molecule has 0 fully saturated rings. The minimum absolute atomic E-state index is 0.423. The Hall–Kier alpha value is -1.51. The molecular weight excluding hydrogens is 188 g/mol. The normalized spacial score (nSPS) is 11.9. The molecule has 0 saturated carbocycles. The van der Waals surface area contributed by atoms with Crippen molar-refractivity contribution in [1.29, 1.82) is 0 Å². The molecule has 15 heavy (non-hydrogen) atoms. The third kappa shape index (κ3) is 3.27. The maximum absolute atomic E-state index is 5.73. The highest BCUT2D eigenvalue weighted by atomic mass is 16.6. The van der Waals surface area contributed by atoms with Crippen LogP contribution in [0.1, 0.15) is 37.8 Å². The summed E-state index contributed by atoms with van der Waals surface area (Å²) < 4.78 is 0. The molecule has 0 aliphatic heterocycles. The third-order valence-electron chi connectivity index (χ3n) is 2.17. The quantitative estimate of drug-likeness (QED) is 0.467. The SMILES string of the molecule is CCO/N=C(\N)c1ccc(C(C)C)cc1. The van der Waals surface area contributed by atoms with Gasteiger partial charge in [-0.3, -0.25) is 0 Å². The molecule has 0 unspecified atom stereocenters. The van der Waals surface area contributed by atoms with Crippen molar-refractivity contribution in [1.82, 2.24) is 0 Å². The molecule has 82 valence electrons. The molecule has 0 saturated heterocycles. The zero-order chi connectivity index (χ0) is 11.3. The number of nitrogens with two attached hydrogens (primary N) is 1. The Kier molecular flexibility index (Phi) is 4.16. The summed E-state index contributed by atoms with van der Waals surface area (Å²) in [5, 5.41) is 3.78. The van der Waals surface area contributed by atoms with E-state index in [1.165, 1.54) is 5.56 Å². The van der Waals surface area contributed by atoms with Gasteiger partial charge in [-0.05, 0) is 18.4 Å². The van der Waals surface area contributed by atoms with Crippen LogP contribution >= 0.6 is 0 Å². The average Bonchev–Trinajstić information content (AvgIpc) is 2.26. The molecule has 2 N–H and O–H groups in total. The third-order valence-corrected chi connectivity index (χ3v) is 2.17. The number of rotatable bonds is 4. The average molecular weight is 206 g/mol. The highest BCUT2D eigenvalue weighted by Crippen LogP contribution is 2.14. The molecule has 1 aromatic rings. The number of amidine groups is 1. The first-order valence-corrected chi connectivity index (χ1v) is 5.21. The Balaban J connectivity index is 2.79. The molecule has 0 spiro atoms. The van der Waals surface area contributed by atoms with Gasteiger partial charge in [-0.1, -0.05) is 43.3 Å². The fourth-order valence-corrected chi connectivity index (χ4v) is 1.23. The van der Waals surface area contributed by atoms with Gasteiger partial charge in [-0.2, -0.15) is 0 Å². The Labute approximate surface area is 90.9 Å². The second-order valence-corrected chi connectivity index (χ2v) is 3.67. The van der Waals surface area contributed by atoms with Crippen LogP contribution < -0.4 is 5.73 Å². The van der Waals surface area contributed by atoms with Crippen LogP contribution in [0, 0.1) is 0 Å². The van der Waals surface area contributed by atoms with Crippen molar-refractivity contribution in [3.63, 3.8) is 0 Å². The second kappa shape index (κ2) is 5.39. The van der Waals surface area contributed by atoms with Gasteiger partial charge < -0.3 is 10.6 Å². The van der Waals surface area contributed by atoms with Crippen molar-refractivity contribution < 1.29 is 4.84 Å². The molecule has 0 atom stereocenters. The van der Waals surface area contributed by atoms with Crippen LogP contribution in [-0.2, 0) is 4.84 Å². The molecule has 0 aliphatic carbocycles. The van der Waals surface area contributed by atoms with Crippen molar-refractivity contribution >= 4 is 5.84 Å². The lowest BCUT2D eigenvalue weighted by atomic mass is 10.0. The highest BCUT2D eigenvalue weighted by Gasteiger charge is 2.01. The molecule has 0 bridgehead atoms. The van der Waals surface area contributed by atoms with E-state index in [4.69, 9.17) is 10.6 Å². The van der Waals surface area contributed by atoms with Crippen molar-refractivity contribution in [2.24, 2.45) is 10.9 Å². The Bertz CT molecular complexity index is 328. The fourth-order valence-electron chi connectivity index (χ4n) is 1.23. The van der Waals surface area contributed by atoms with Crippen LogP contribution in [0.15, 0.2) is 29.4 Å². The van der Waals surface area contributed by atoms with Crippen molar-refractivity contribution in [3.8, 4) is 0 Å². The summed E-state index contributed by atoms with van der Waals surface area (Å²) >= 11 is 0. The highest BCUT2D eigenvalue weighted by molar-refractivity contribution is 5.97. The maximum atomic E-state index is 5.73. The van der Waals surface area contributed by atoms with Gasteiger partial charge in [0.25, 0.3) is 0 Å². The molecule has 0 heterocycles. The van der Waals surface area contributed by atoms with Crippen molar-refractivity contribution in [2.45, 2.75) is 26.7 Å². The van der Waals surface area contributed by atoms with Gasteiger partial charge in [0.2, 0.25) is 0 Å². The molecule has 0 aromatic heterocycles. The number of benzene rings is 1. The number of oxime groups is 1. The van der Waals surface area contributed by atoms with Gasteiger partial charge in [0, 0.05) is 5.56 Å². The van der Waals surface area contributed by atoms with E-state index in [0.29, 0.717) is 18.4 Å². The van der Waals surface area contributed by atoms with E-state index in [0.717, 1.165) is 5.56 Å². The summed E-state index contributed by atoms with van der Waals surface area (Å²) in [6.07, 6.45) is 0. The number of nitrogens with zero attached hydrogens (tertiary/aromatic N) is 1. The van der Waals surface area contributed by atoms with Gasteiger partial charge in [-0.15, -0.1) is 0 Å². The first kappa shape index (κ1) is 11.6. The second-order valence-electron chi connectivity index (χ2n) is 3.67. The van der Waals surface area contributed by atoms with Crippen LogP contribution in [0.25, 0.3) is 0 Å². The molecule has 3 nitrogen and oxygen atoms in total. The summed E-state index contributed by atoms with van der Waals surface area (Å²) in [4.78, 5) is 4.89. The maximum Gasteiger partial charge on any atom is 0.170 e. The molecule has 0 aliphatic rings. The topological polar surface area (TPSA) is 47.6 Å². The summed E-state index contributed by atoms with van der Waals surface area (Å²) in [6.45, 7) is 6.72. The van der Waals surface area contributed by atoms with Crippen LogP contribution in [0.2, 0.25) is 0 Å². The van der Waals surface area contributed by atoms with Crippen molar-refractivity contribution in [2.75, 3.05) is 6.61 Å². The Morgan fingerprint density at radius 3 is 2.40 bits per heavy atom. The minimum Gasteiger partial charge on any atom is -0.394 e. The molecular formula is C12H18N2O. The van der Waals surface area contributed by atoms with Crippen molar-refractivity contribution in [3.05, 3.63) is 35.4 Å². The first-order valence-electron chi connectivity index (χ1n) is 5.21. The van der Waals surface area contributed by atoms with E-state index in [9.17, 15) is 0 Å². The van der Waals surface area contributed by atoms with Crippen LogP contribution in [-0.4, -0.2) is 12.4 Å². The van der Waals surface area contributed by atoms with Gasteiger partial charge in [0.05, 0.1) is 0 Å². The van der Waals surface area contributed by atoms with E-state index in [1.54, 1.807) is 0 Å². The lowest BCUT2D eigenvalue weighted by Gasteiger charge is -2.06. The summed E-state index contributed by atoms with van der Waals surface area (Å²) in [5.41, 5.74) is 7.92. The van der Waals surface area contributed by atoms with E-state index in [1.807, 2.05) is 19.1 Å². The van der Waals surface area contributed by atoms with E-state index >= 15 is 0 Å². The lowest BCUT2D eigenvalue weighted by molar-refractivity contribution is 0.158. The Morgan fingerprint density at radius 2 is 1.93 bits per heavy atom. The minimum atomic E-state index is 0.423. The molecule has 1 rings (SSSR count). The lowest BCUT2D eigenvalue weighted by Crippen LogP contribution is -2.13. The number of hydrogen-bond acceptors (Lipinski definition) is 2. The summed E-state index contributed by atoms with van der Waals surface area (Å²) in [6, 6.07) is 8.06. The summed E-state index contributed by atoms with van der Waals surface area (Å²) in [5.74, 6) is 0.955. The van der Waals surface area contributed by atoms with E-state index in [-0.39, 0.29) is 0 Å². The zero-order valence-corrected chi connectivity index (χ0v) is 9.53. The van der Waals surface area contributed by atoms with E-state index < -0.39 is 0 Å². The summed E-state index contributed by atoms with van der Waals surface area (Å²) in [7, 11) is 0. The Morgan fingerprint density at radius 1 is 1.33 bits per heavy atom. The predicted octanol–water partition coefficient (Wildman–Crippen LogP) is 2.47. The largest absolute Gasteiger partial charge is 0.394 e. The van der Waals surface area contributed by atoms with Crippen LogP contribution in [0.5, 0.6) is 0 Å². The number of hydrogen-bond donors (Lipinski definition) is 1. The fraction of sp³-hybridized carbons (Fsp3) is 0.417. The zero-order valence-electron chi connectivity index (χ0n) is 9.53. The van der Waals surface area contributed by atoms with Gasteiger partial charge >= 0.3 is 0 Å². The van der Waals surface area contributed by atoms with Gasteiger partial charge in [-0.25, -0.2) is 0 Å². The van der Waals surface area contributed by atoms with Crippen LogP contribution in [0.4, 0.5) is 0 Å². The van der Waals surface area contributed by atoms with E-state index in [2.05, 4.69) is 31.1 Å². The molecule has 0 amide bonds. The standard InChI is InChI=1S/C12H18N2O/c1-4-15-14-12(13)11-7-5-10(6-8-11)9(2)3/h5-9H,4H2,1-3H3,(H2,13,14). The molecule has 3 heteroatoms. The van der Waals surface area contributed by atoms with Gasteiger partial charge in [0.15, 0.2) is 5.84 Å². The predicted molar refractivity (Wildman–Crippen MR) is 62.9 cm³/mol. The first-order chi connectivity index (χ1) is 7.15. The van der Waals surface area contributed by atoms with Gasteiger partial charge in [0.1, 0.15) is 6.61 Å².